The van der Waals surface area contributed by atoms with E-state index in [0.29, 0.717) is 12.2 Å². The quantitative estimate of drug-likeness (QED) is 0.804. The van der Waals surface area contributed by atoms with Crippen LogP contribution < -0.4 is 0 Å². The molecular weight excluding hydrogens is 336 g/mol. The Morgan fingerprint density at radius 3 is 2.15 bits per heavy atom. The molecule has 0 saturated heterocycles. The number of ether oxygens (including phenoxy) is 1. The predicted octanol–water partition coefficient (Wildman–Crippen LogP) is 2.60. The number of rotatable bonds is 2. The maximum absolute atomic E-state index is 9.55. The molecule has 0 amide bonds. The van der Waals surface area contributed by atoms with Gasteiger partial charge in [-0.25, -0.2) is 14.6 Å². The van der Waals surface area contributed by atoms with E-state index in [2.05, 4.69) is 36.4 Å². The molecule has 2 atom stereocenters. The Balaban J connectivity index is 0.000000211. The number of carboxylic acid groups (broad SMARTS) is 2. The summed E-state index contributed by atoms with van der Waals surface area (Å²) in [6.07, 6.45) is 1.17. The molecule has 26 heavy (non-hydrogen) atoms. The molecular formula is C19H18N2O5. The summed E-state index contributed by atoms with van der Waals surface area (Å²) in [4.78, 5) is 25.7. The number of hydrogen-bond donors (Lipinski definition) is 2. The number of amidine groups is 1. The summed E-state index contributed by atoms with van der Waals surface area (Å²) in [7, 11) is 3.93. The van der Waals surface area contributed by atoms with Gasteiger partial charge in [-0.2, -0.15) is 0 Å². The minimum absolute atomic E-state index is 0.0588. The van der Waals surface area contributed by atoms with Crippen LogP contribution in [0.4, 0.5) is 0 Å². The lowest BCUT2D eigenvalue weighted by atomic mass is 10.0. The Labute approximate surface area is 149 Å². The van der Waals surface area contributed by atoms with Crippen LogP contribution in [0.15, 0.2) is 53.5 Å². The molecule has 0 fully saturated rings. The molecule has 2 unspecified atom stereocenters. The second kappa shape index (κ2) is 6.87. The van der Waals surface area contributed by atoms with Gasteiger partial charge in [0.2, 0.25) is 0 Å². The maximum atomic E-state index is 9.55. The monoisotopic (exact) mass is 354 g/mol. The second-order valence-corrected chi connectivity index (χ2v) is 6.09. The normalized spacial score (nSPS) is 19.4. The fourth-order valence-corrected chi connectivity index (χ4v) is 3.11. The van der Waals surface area contributed by atoms with Crippen LogP contribution in [0.5, 0.6) is 0 Å². The molecule has 1 heterocycles. The van der Waals surface area contributed by atoms with Gasteiger partial charge in [-0.15, -0.1) is 0 Å². The number of hydrogen-bond acceptors (Lipinski definition) is 5. The van der Waals surface area contributed by atoms with E-state index in [9.17, 15) is 9.59 Å². The zero-order valence-corrected chi connectivity index (χ0v) is 14.3. The molecule has 2 aromatic rings. The summed E-state index contributed by atoms with van der Waals surface area (Å²) in [6.45, 7) is 0. The zero-order valence-electron chi connectivity index (χ0n) is 14.3. The first kappa shape index (κ1) is 17.5. The topological polar surface area (TPSA) is 99.4 Å². The van der Waals surface area contributed by atoms with Crippen molar-refractivity contribution in [1.82, 2.24) is 4.90 Å². The Morgan fingerprint density at radius 2 is 1.62 bits per heavy atom. The first-order chi connectivity index (χ1) is 12.4. The molecule has 0 saturated carbocycles. The van der Waals surface area contributed by atoms with Crippen LogP contribution in [0.2, 0.25) is 0 Å². The van der Waals surface area contributed by atoms with Crippen molar-refractivity contribution in [1.29, 1.82) is 0 Å². The Bertz CT molecular complexity index is 911. The van der Waals surface area contributed by atoms with Gasteiger partial charge in [0, 0.05) is 31.8 Å². The van der Waals surface area contributed by atoms with Crippen LogP contribution in [0.1, 0.15) is 23.3 Å². The van der Waals surface area contributed by atoms with Crippen molar-refractivity contribution in [2.24, 2.45) is 4.99 Å². The van der Waals surface area contributed by atoms with Gasteiger partial charge in [-0.1, -0.05) is 36.4 Å². The second-order valence-electron chi connectivity index (χ2n) is 6.09. The Hall–Kier alpha value is -3.35. The average molecular weight is 354 g/mol. The third-order valence-corrected chi connectivity index (χ3v) is 4.11. The van der Waals surface area contributed by atoms with E-state index in [1.165, 1.54) is 21.9 Å². The first-order valence-corrected chi connectivity index (χ1v) is 7.95. The third kappa shape index (κ3) is 3.23. The van der Waals surface area contributed by atoms with E-state index in [1.54, 1.807) is 0 Å². The lowest BCUT2D eigenvalue weighted by molar-refractivity contribution is -0.134. The van der Waals surface area contributed by atoms with E-state index in [0.717, 1.165) is 6.02 Å². The van der Waals surface area contributed by atoms with Crippen LogP contribution in [-0.2, 0) is 14.3 Å². The van der Waals surface area contributed by atoms with Crippen LogP contribution in [-0.4, -0.2) is 47.2 Å². The van der Waals surface area contributed by atoms with Crippen molar-refractivity contribution in [2.75, 3.05) is 14.1 Å². The molecule has 2 N–H and O–H groups in total. The lowest BCUT2D eigenvalue weighted by Crippen LogP contribution is -2.22. The van der Waals surface area contributed by atoms with Crippen molar-refractivity contribution in [3.05, 3.63) is 59.7 Å². The number of nitrogens with zero attached hydrogens (tertiary/aromatic N) is 2. The first-order valence-electron chi connectivity index (χ1n) is 7.95. The standard InChI is InChI=1S/C15H14N2O.C4H4O4/c1-17(2)15-16-13-10-7-3-5-9-6-4-8-11(12(9)10)14(13)18-15;5-3(6)1-2-4(7)8/h3-8,13-14H,1-2H3;1-2H,(H,5,6)(H,7,8)/b;2-1+. The molecule has 0 aromatic heterocycles. The molecule has 4 rings (SSSR count). The largest absolute Gasteiger partial charge is 0.478 e. The Morgan fingerprint density at radius 1 is 1.04 bits per heavy atom. The molecule has 1 aliphatic carbocycles. The molecule has 1 aliphatic heterocycles. The number of fused-ring (bicyclic) bond motifs is 3. The van der Waals surface area contributed by atoms with E-state index in [-0.39, 0.29) is 12.1 Å². The summed E-state index contributed by atoms with van der Waals surface area (Å²) < 4.78 is 6.00. The summed E-state index contributed by atoms with van der Waals surface area (Å²) in [5.41, 5.74) is 2.57. The molecule has 0 spiro atoms. The summed E-state index contributed by atoms with van der Waals surface area (Å²) in [5.74, 6) is -2.51. The van der Waals surface area contributed by atoms with Gasteiger partial charge in [0.15, 0.2) is 6.10 Å². The van der Waals surface area contributed by atoms with E-state index < -0.39 is 11.9 Å². The molecule has 2 aromatic carbocycles. The third-order valence-electron chi connectivity index (χ3n) is 4.11. The van der Waals surface area contributed by atoms with Crippen LogP contribution in [0, 0.1) is 0 Å². The van der Waals surface area contributed by atoms with Gasteiger partial charge in [0.1, 0.15) is 6.04 Å². The fraction of sp³-hybridized carbons (Fsp3) is 0.211. The van der Waals surface area contributed by atoms with E-state index >= 15 is 0 Å². The fourth-order valence-electron chi connectivity index (χ4n) is 3.11. The summed E-state index contributed by atoms with van der Waals surface area (Å²) >= 11 is 0. The summed E-state index contributed by atoms with van der Waals surface area (Å²) in [5, 5.41) is 18.2. The number of aliphatic imine (C=N–C) groups is 1. The van der Waals surface area contributed by atoms with Gasteiger partial charge in [-0.05, 0) is 16.3 Å². The van der Waals surface area contributed by atoms with Gasteiger partial charge >= 0.3 is 11.9 Å². The number of benzene rings is 2. The molecule has 2 aliphatic rings. The van der Waals surface area contributed by atoms with Gasteiger partial charge in [-0.3, -0.25) is 0 Å². The molecule has 0 radical (unpaired) electrons. The molecule has 7 heteroatoms. The molecule has 0 bridgehead atoms. The lowest BCUT2D eigenvalue weighted by Gasteiger charge is -2.15. The number of aliphatic carboxylic acids is 2. The van der Waals surface area contributed by atoms with Crippen molar-refractivity contribution >= 4 is 28.7 Å². The minimum Gasteiger partial charge on any atom is -0.478 e. The highest BCUT2D eigenvalue weighted by Gasteiger charge is 2.41. The highest BCUT2D eigenvalue weighted by Crippen LogP contribution is 2.50. The average Bonchev–Trinajstić information content (AvgIpc) is 3.15. The number of carboxylic acids is 2. The molecule has 7 nitrogen and oxygen atoms in total. The van der Waals surface area contributed by atoms with Crippen LogP contribution >= 0.6 is 0 Å². The van der Waals surface area contributed by atoms with Gasteiger partial charge in [0.25, 0.3) is 6.02 Å². The van der Waals surface area contributed by atoms with Crippen molar-refractivity contribution in [3.8, 4) is 0 Å². The maximum Gasteiger partial charge on any atom is 0.328 e. The molecule has 134 valence electrons. The predicted molar refractivity (Wildman–Crippen MR) is 96.0 cm³/mol. The highest BCUT2D eigenvalue weighted by molar-refractivity contribution is 5.93. The van der Waals surface area contributed by atoms with Crippen molar-refractivity contribution in [3.63, 3.8) is 0 Å². The SMILES string of the molecule is CN(C)C1=NC2c3cccc4cccc(c34)C2O1.O=C(O)/C=C/C(=O)O. The van der Waals surface area contributed by atoms with Crippen molar-refractivity contribution < 1.29 is 24.5 Å². The zero-order chi connectivity index (χ0) is 18.8. The Kier molecular flexibility index (Phi) is 4.62. The van der Waals surface area contributed by atoms with Gasteiger partial charge in [0.05, 0.1) is 0 Å². The van der Waals surface area contributed by atoms with Crippen LogP contribution in [0.25, 0.3) is 10.8 Å². The smallest absolute Gasteiger partial charge is 0.328 e. The minimum atomic E-state index is -1.26. The number of carbonyl (C=O) groups is 2. The summed E-state index contributed by atoms with van der Waals surface area (Å²) in [6, 6.07) is 13.7. The van der Waals surface area contributed by atoms with Crippen molar-refractivity contribution in [2.45, 2.75) is 12.1 Å². The van der Waals surface area contributed by atoms with Crippen LogP contribution in [0.3, 0.4) is 0 Å². The van der Waals surface area contributed by atoms with Gasteiger partial charge < -0.3 is 19.8 Å². The van der Waals surface area contributed by atoms with E-state index in [4.69, 9.17) is 19.9 Å². The highest BCUT2D eigenvalue weighted by atomic mass is 16.5. The van der Waals surface area contributed by atoms with E-state index in [1.807, 2.05) is 19.0 Å².